The van der Waals surface area contributed by atoms with Crippen LogP contribution in [0.3, 0.4) is 0 Å². The number of nitro groups is 3. The highest BCUT2D eigenvalue weighted by Gasteiger charge is 2.51. The number of nitro benzene ring substituents is 3. The number of rotatable bonds is 25. The summed E-state index contributed by atoms with van der Waals surface area (Å²) in [5.41, 5.74) is 4.60. The van der Waals surface area contributed by atoms with Gasteiger partial charge in [-0.1, -0.05) is 94.2 Å². The number of likely N-dealkylation sites (tertiary alicyclic amines) is 1. The number of methoxy groups -OCH3 is 4. The predicted molar refractivity (Wildman–Crippen MR) is 468 cm³/mol. The zero-order valence-electron chi connectivity index (χ0n) is 75.8. The van der Waals surface area contributed by atoms with Crippen LogP contribution in [0.2, 0.25) is 72.5 Å². The van der Waals surface area contributed by atoms with Crippen molar-refractivity contribution >= 4 is 95.5 Å². The summed E-state index contributed by atoms with van der Waals surface area (Å²) in [4.78, 5) is 104. The molecule has 4 heterocycles. The maximum absolute atomic E-state index is 13.4. The lowest BCUT2D eigenvalue weighted by molar-refractivity contribution is -0.385. The Labute approximate surface area is 714 Å². The summed E-state index contributed by atoms with van der Waals surface area (Å²) >= 11 is 0. The number of carbonyl (C=O) groups is 5. The average molecular weight is 1790 g/mol. The first-order valence-corrected chi connectivity index (χ1v) is 52.5. The van der Waals surface area contributed by atoms with E-state index in [9.17, 15) is 75.9 Å². The van der Waals surface area contributed by atoms with Gasteiger partial charge in [0.1, 0.15) is 45.4 Å². The summed E-state index contributed by atoms with van der Waals surface area (Å²) in [7, 11) is -8.47. The molecule has 4 aliphatic heterocycles. The lowest BCUT2D eigenvalue weighted by Gasteiger charge is -2.38. The van der Waals surface area contributed by atoms with Crippen molar-refractivity contribution in [1.29, 1.82) is 0 Å². The second-order valence-electron chi connectivity index (χ2n) is 37.1. The number of ketones is 1. The number of nitrogens with two attached hydrogens (primary N) is 1. The standard InChI is InChI=1S/C21H29F3N2O8SSi.C21H32N2O5Si.C21H34N2O3Si.C20H30N2O6Si/c1-13-8-17(26(28)29)16(10-18(13)32-5)19(27)25-11-15(34-35(30,31)21(22,23)24)9-14(25)12-33-36(6,7)20(2,3)4;1-14-9-16(13-28-29(7,8)21(3,4)5)22(12-14)20(24)17-11-19(27-6)15(2)10-18(17)23(25)26;1-14-9-16(13-26-27(7,8)21(3,4)5)23(12-14)20(24)17-11-19(25-6)15(2)10-18(17)22;1-13-8-17(22(25)26)16(10-18(13)27-5)19(24)21-11-15(23)9-14(21)12-28-29(6,7)20(2,3)4/h8,10-11,14H,9,12H2,1-7H3;10-12,16H,9,13H2,1-8H3;10-12,16H,9,13,22H2,1-8H3;8,10,14H,9,11-12H2,1-7H3/t14-;2*16-;14-/m0000/s1. The van der Waals surface area contributed by atoms with Crippen LogP contribution in [-0.4, -0.2) is 197 Å². The number of nitrogens with zero attached hydrogens (tertiary/aromatic N) is 7. The van der Waals surface area contributed by atoms with E-state index >= 15 is 0 Å². The third kappa shape index (κ3) is 25.2. The largest absolute Gasteiger partial charge is 0.534 e. The molecule has 4 aliphatic rings. The number of anilines is 1. The maximum Gasteiger partial charge on any atom is 0.534 e. The summed E-state index contributed by atoms with van der Waals surface area (Å²) in [6.45, 7) is 54.1. The number of nitrogen functional groups attached to an aromatic ring is 1. The highest BCUT2D eigenvalue weighted by atomic mass is 32.2. The number of benzene rings is 4. The molecule has 121 heavy (non-hydrogen) atoms. The highest BCUT2D eigenvalue weighted by Crippen LogP contribution is 2.44. The predicted octanol–water partition coefficient (Wildman–Crippen LogP) is 18.4. The molecule has 30 nitrogen and oxygen atoms in total. The van der Waals surface area contributed by atoms with Gasteiger partial charge in [0.05, 0.1) is 106 Å². The normalized spacial score (nSPS) is 17.4. The van der Waals surface area contributed by atoms with Crippen LogP contribution in [0, 0.1) is 58.0 Å². The van der Waals surface area contributed by atoms with Gasteiger partial charge >= 0.3 is 15.6 Å². The molecule has 4 aromatic rings. The first-order valence-electron chi connectivity index (χ1n) is 39.5. The lowest BCUT2D eigenvalue weighted by atomic mass is 10.1. The van der Waals surface area contributed by atoms with Gasteiger partial charge in [0.2, 0.25) is 0 Å². The van der Waals surface area contributed by atoms with Gasteiger partial charge in [-0.2, -0.15) is 21.6 Å². The minimum atomic E-state index is -5.99. The number of alkyl halides is 3. The molecule has 0 unspecified atom stereocenters. The zero-order chi connectivity index (χ0) is 92.7. The van der Waals surface area contributed by atoms with E-state index in [1.165, 1.54) is 56.1 Å². The second-order valence-corrected chi connectivity index (χ2v) is 57.8. The Kier molecular flexibility index (Phi) is 33.3. The van der Waals surface area contributed by atoms with Gasteiger partial charge in [-0.25, -0.2) is 0 Å². The molecule has 4 amide bonds. The van der Waals surface area contributed by atoms with Crippen molar-refractivity contribution in [3.63, 3.8) is 0 Å². The Bertz CT molecular complexity index is 4780. The van der Waals surface area contributed by atoms with Crippen molar-refractivity contribution in [3.8, 4) is 23.0 Å². The summed E-state index contributed by atoms with van der Waals surface area (Å²) < 4.78 is 112. The fourth-order valence-electron chi connectivity index (χ4n) is 12.3. The van der Waals surface area contributed by atoms with E-state index in [0.29, 0.717) is 64.8 Å². The molecule has 4 aromatic carbocycles. The number of amides is 4. The van der Waals surface area contributed by atoms with Crippen LogP contribution in [0.25, 0.3) is 0 Å². The number of Topliss-reactive ketones (excluding diaryl/α,β-unsaturated/α-hetero) is 1. The van der Waals surface area contributed by atoms with E-state index in [-0.39, 0.29) is 98.4 Å². The molecule has 0 spiro atoms. The van der Waals surface area contributed by atoms with Crippen molar-refractivity contribution in [2.75, 3.05) is 67.1 Å². The topological polar surface area (TPSA) is 371 Å². The minimum Gasteiger partial charge on any atom is -0.496 e. The second kappa shape index (κ2) is 39.3. The third-order valence-electron chi connectivity index (χ3n) is 23.8. The molecule has 1 fully saturated rings. The van der Waals surface area contributed by atoms with Crippen LogP contribution in [0.1, 0.15) is 186 Å². The van der Waals surface area contributed by atoms with Gasteiger partial charge in [-0.15, -0.1) is 0 Å². The molecule has 0 bridgehead atoms. The molecular weight excluding hydrogens is 1660 g/mol. The number of hydrogen-bond donors (Lipinski definition) is 1. The third-order valence-corrected chi connectivity index (χ3v) is 42.8. The number of carbonyl (C=O) groups excluding carboxylic acids is 5. The fraction of sp³-hybridized carbons (Fsp3) is 0.578. The van der Waals surface area contributed by atoms with Crippen molar-refractivity contribution in [2.45, 2.75) is 253 Å². The number of ether oxygens (including phenoxy) is 4. The molecule has 2 N–H and O–H groups in total. The zero-order valence-corrected chi connectivity index (χ0v) is 80.6. The summed E-state index contributed by atoms with van der Waals surface area (Å²) in [5.74, 6) is -1.06. The van der Waals surface area contributed by atoms with Crippen LogP contribution in [-0.2, 0) is 36.8 Å². The van der Waals surface area contributed by atoms with Crippen LogP contribution in [0.4, 0.5) is 35.9 Å². The van der Waals surface area contributed by atoms with E-state index in [4.69, 9.17) is 42.4 Å². The van der Waals surface area contributed by atoms with Crippen LogP contribution in [0.15, 0.2) is 84.0 Å². The van der Waals surface area contributed by atoms with Crippen molar-refractivity contribution < 1.29 is 101 Å². The molecule has 4 atom stereocenters. The summed E-state index contributed by atoms with van der Waals surface area (Å²) in [6, 6.07) is 9.78. The van der Waals surface area contributed by atoms with Gasteiger partial charge in [-0.05, 0) is 161 Å². The van der Waals surface area contributed by atoms with E-state index < -0.39 is 117 Å². The van der Waals surface area contributed by atoms with Gasteiger partial charge in [-0.3, -0.25) is 54.3 Å². The van der Waals surface area contributed by atoms with E-state index in [1.54, 1.807) is 56.0 Å². The highest BCUT2D eigenvalue weighted by molar-refractivity contribution is 7.87. The SMILES string of the molecule is COc1cc(C(=O)N2C=C(C)C[C@H]2CO[Si](C)(C)C(C)(C)C)c(N)cc1C.COc1cc(C(=O)N2C=C(C)C[C@H]2CO[Si](C)(C)C(C)(C)C)c([N+](=O)[O-])cc1C.COc1cc(C(=O)N2C=C(OS(=O)(=O)C(F)(F)F)C[C@H]2CO[Si](C)(C)C(C)(C)C)c([N+](=O)[O-])cc1C.COc1cc(C(=O)N2CC(=O)C[C@H]2CO[Si](C)(C)C(C)(C)C)c([N+](=O)[O-])cc1C. The molecule has 0 saturated carbocycles. The summed E-state index contributed by atoms with van der Waals surface area (Å²) in [6.07, 6.45) is 5.80. The van der Waals surface area contributed by atoms with E-state index in [0.717, 1.165) is 40.8 Å². The molecule has 0 aromatic heterocycles. The molecule has 8 rings (SSSR count). The van der Waals surface area contributed by atoms with Crippen LogP contribution >= 0.6 is 0 Å². The number of hydrogen-bond acceptors (Lipinski definition) is 23. The number of halogens is 3. The van der Waals surface area contributed by atoms with Crippen molar-refractivity contribution in [2.24, 2.45) is 0 Å². The molecule has 1 saturated heterocycles. The van der Waals surface area contributed by atoms with E-state index in [1.807, 2.05) is 60.8 Å². The first kappa shape index (κ1) is 103. The summed E-state index contributed by atoms with van der Waals surface area (Å²) in [5, 5.41) is 34.7. The average Bonchev–Trinajstić information content (AvgIpc) is 1.72. The molecule has 672 valence electrons. The van der Waals surface area contributed by atoms with Gasteiger partial charge in [0, 0.05) is 73.5 Å². The molecular formula is C83H125F3N8O22SSi4. The molecule has 38 heteroatoms. The Hall–Kier alpha value is -8.90. The Morgan fingerprint density at radius 2 is 0.711 bits per heavy atom. The van der Waals surface area contributed by atoms with E-state index in [2.05, 4.69) is 106 Å². The lowest BCUT2D eigenvalue weighted by Crippen LogP contribution is -2.46. The van der Waals surface area contributed by atoms with Gasteiger partial charge < -0.3 is 66.2 Å². The fourth-order valence-corrected chi connectivity index (χ4v) is 16.9. The maximum atomic E-state index is 13.4. The first-order chi connectivity index (χ1) is 55.1. The smallest absolute Gasteiger partial charge is 0.496 e. The van der Waals surface area contributed by atoms with Crippen LogP contribution < -0.4 is 24.7 Å². The quantitative estimate of drug-likeness (QED) is 0.0161. The Morgan fingerprint density at radius 3 is 1.01 bits per heavy atom. The monoisotopic (exact) mass is 1790 g/mol. The van der Waals surface area contributed by atoms with Gasteiger partial charge in [0.15, 0.2) is 39.1 Å². The van der Waals surface area contributed by atoms with Crippen LogP contribution in [0.5, 0.6) is 23.0 Å². The minimum absolute atomic E-state index is 0.00155. The Morgan fingerprint density at radius 1 is 0.438 bits per heavy atom. The van der Waals surface area contributed by atoms with Crippen molar-refractivity contribution in [1.82, 2.24) is 19.6 Å². The van der Waals surface area contributed by atoms with Crippen molar-refractivity contribution in [3.05, 3.63) is 159 Å². The van der Waals surface area contributed by atoms with Gasteiger partial charge in [0.25, 0.3) is 40.7 Å². The Balaban J connectivity index is 0.000000289. The molecule has 0 radical (unpaired) electrons. The number of aryl methyl sites for hydroxylation is 4. The molecule has 0 aliphatic carbocycles.